The number of nitrogens with zero attached hydrogens (tertiary/aromatic N) is 2. The van der Waals surface area contributed by atoms with Crippen LogP contribution >= 0.6 is 0 Å². The number of ether oxygens (including phenoxy) is 1. The molecule has 5 rings (SSSR count). The highest BCUT2D eigenvalue weighted by atomic mass is 16.5. The Kier molecular flexibility index (Phi) is 5.65. The van der Waals surface area contributed by atoms with Gasteiger partial charge < -0.3 is 15.2 Å². The van der Waals surface area contributed by atoms with Gasteiger partial charge in [-0.3, -0.25) is 4.79 Å². The number of carboxylic acids is 1. The number of aliphatic carboxylic acids is 1. The molecule has 7 heteroatoms. The molecule has 1 aromatic heterocycles. The summed E-state index contributed by atoms with van der Waals surface area (Å²) in [5.74, 6) is 2.49. The van der Waals surface area contributed by atoms with E-state index >= 15 is 0 Å². The molecule has 0 aliphatic heterocycles. The second-order valence-corrected chi connectivity index (χ2v) is 9.42. The molecule has 2 N–H and O–H groups in total. The molecule has 1 amide bonds. The fourth-order valence-electron chi connectivity index (χ4n) is 5.70. The summed E-state index contributed by atoms with van der Waals surface area (Å²) < 4.78 is 7.46. The summed E-state index contributed by atoms with van der Waals surface area (Å²) in [7, 11) is 0. The van der Waals surface area contributed by atoms with Gasteiger partial charge >= 0.3 is 5.97 Å². The van der Waals surface area contributed by atoms with Crippen molar-refractivity contribution >= 4 is 11.9 Å². The molecule has 4 aliphatic rings. The molecule has 4 aliphatic carbocycles. The predicted molar refractivity (Wildman–Crippen MR) is 108 cm³/mol. The molecule has 4 saturated carbocycles. The summed E-state index contributed by atoms with van der Waals surface area (Å²) in [5.41, 5.74) is 0.434. The van der Waals surface area contributed by atoms with Crippen molar-refractivity contribution < 1.29 is 19.4 Å². The first kappa shape index (κ1) is 20.0. The molecular formula is C22H31N3O4. The van der Waals surface area contributed by atoms with Gasteiger partial charge in [0.1, 0.15) is 5.56 Å². The third-order valence-corrected chi connectivity index (χ3v) is 6.65. The zero-order chi connectivity index (χ0) is 20.5. The topological polar surface area (TPSA) is 93.5 Å². The van der Waals surface area contributed by atoms with Crippen molar-refractivity contribution in [3.05, 3.63) is 23.9 Å². The van der Waals surface area contributed by atoms with E-state index in [0.717, 1.165) is 17.9 Å². The van der Waals surface area contributed by atoms with E-state index in [1.54, 1.807) is 4.68 Å². The number of hydrogen-bond donors (Lipinski definition) is 2. The lowest BCUT2D eigenvalue weighted by atomic mass is 9.54. The number of rotatable bonds is 8. The second kappa shape index (κ2) is 8.20. The van der Waals surface area contributed by atoms with Gasteiger partial charge in [-0.15, -0.1) is 0 Å². The molecule has 0 radical (unpaired) electrons. The number of amides is 1. The zero-order valence-corrected chi connectivity index (χ0v) is 17.2. The number of carbonyl (C=O) groups is 2. The minimum Gasteiger partial charge on any atom is -0.478 e. The Balaban J connectivity index is 1.49. The van der Waals surface area contributed by atoms with Crippen LogP contribution in [0.5, 0.6) is 5.88 Å². The van der Waals surface area contributed by atoms with Crippen LogP contribution in [0.4, 0.5) is 0 Å². The quantitative estimate of drug-likeness (QED) is 0.653. The second-order valence-electron chi connectivity index (χ2n) is 9.42. The zero-order valence-electron chi connectivity index (χ0n) is 17.2. The molecule has 0 atom stereocenters. The molecule has 4 fully saturated rings. The maximum atomic E-state index is 13.1. The Morgan fingerprint density at radius 2 is 1.90 bits per heavy atom. The fraction of sp³-hybridized carbons (Fsp3) is 0.682. The Bertz CT molecular complexity index is 770. The van der Waals surface area contributed by atoms with E-state index in [1.165, 1.54) is 44.4 Å². The van der Waals surface area contributed by atoms with Gasteiger partial charge in [0.2, 0.25) is 5.88 Å². The van der Waals surface area contributed by atoms with Crippen molar-refractivity contribution in [1.82, 2.24) is 15.1 Å². The highest BCUT2D eigenvalue weighted by molar-refractivity contribution is 5.96. The summed E-state index contributed by atoms with van der Waals surface area (Å²) in [6, 6.07) is 0.253. The highest BCUT2D eigenvalue weighted by Gasteiger charge is 2.48. The van der Waals surface area contributed by atoms with E-state index in [0.29, 0.717) is 35.8 Å². The molecule has 0 saturated heterocycles. The monoisotopic (exact) mass is 401 g/mol. The first-order valence-corrected chi connectivity index (χ1v) is 10.8. The third kappa shape index (κ3) is 4.33. The van der Waals surface area contributed by atoms with Crippen LogP contribution < -0.4 is 10.1 Å². The van der Waals surface area contributed by atoms with Gasteiger partial charge in [0.05, 0.1) is 19.3 Å². The lowest BCUT2D eigenvalue weighted by molar-refractivity contribution is -0.131. The van der Waals surface area contributed by atoms with Crippen molar-refractivity contribution in [2.45, 2.75) is 58.5 Å². The first-order valence-electron chi connectivity index (χ1n) is 10.8. The summed E-state index contributed by atoms with van der Waals surface area (Å²) in [5, 5.41) is 16.4. The Morgan fingerprint density at radius 3 is 2.48 bits per heavy atom. The fourth-order valence-corrected chi connectivity index (χ4v) is 5.70. The van der Waals surface area contributed by atoms with E-state index < -0.39 is 5.97 Å². The number of hydrogen-bond acceptors (Lipinski definition) is 4. The van der Waals surface area contributed by atoms with Gasteiger partial charge in [0.25, 0.3) is 5.91 Å². The summed E-state index contributed by atoms with van der Waals surface area (Å²) in [6.45, 7) is 4.79. The number of nitrogens with one attached hydrogen (secondary N) is 1. The van der Waals surface area contributed by atoms with Crippen LogP contribution in [0.2, 0.25) is 0 Å². The summed E-state index contributed by atoms with van der Waals surface area (Å²) >= 11 is 0. The SMILES string of the molecule is CC(C)COc1c(C(=O)NC2C3CC4CC(C3)CC2C4)cnn1CC=CC(=O)O. The van der Waals surface area contributed by atoms with Crippen LogP contribution in [-0.2, 0) is 11.3 Å². The Hall–Kier alpha value is -2.31. The Morgan fingerprint density at radius 1 is 1.24 bits per heavy atom. The van der Waals surface area contributed by atoms with Gasteiger partial charge in [0.15, 0.2) is 0 Å². The predicted octanol–water partition coefficient (Wildman–Crippen LogP) is 3.11. The number of allylic oxidation sites excluding steroid dienone is 1. The lowest BCUT2D eigenvalue weighted by Crippen LogP contribution is -2.55. The van der Waals surface area contributed by atoms with Crippen molar-refractivity contribution in [3.8, 4) is 5.88 Å². The molecule has 0 unspecified atom stereocenters. The van der Waals surface area contributed by atoms with E-state index in [2.05, 4.69) is 10.4 Å². The van der Waals surface area contributed by atoms with E-state index in [-0.39, 0.29) is 18.5 Å². The maximum absolute atomic E-state index is 13.1. The number of aromatic nitrogens is 2. The maximum Gasteiger partial charge on any atom is 0.328 e. The van der Waals surface area contributed by atoms with E-state index in [1.807, 2.05) is 13.8 Å². The van der Waals surface area contributed by atoms with Crippen LogP contribution in [0.15, 0.2) is 18.3 Å². The molecule has 0 spiro atoms. The minimum atomic E-state index is -1.01. The first-order chi connectivity index (χ1) is 13.9. The molecule has 7 nitrogen and oxygen atoms in total. The van der Waals surface area contributed by atoms with E-state index in [4.69, 9.17) is 9.84 Å². The number of carbonyl (C=O) groups excluding carboxylic acids is 1. The van der Waals surface area contributed by atoms with Crippen molar-refractivity contribution in [3.63, 3.8) is 0 Å². The van der Waals surface area contributed by atoms with Crippen LogP contribution in [0.3, 0.4) is 0 Å². The molecule has 29 heavy (non-hydrogen) atoms. The molecule has 1 heterocycles. The molecular weight excluding hydrogens is 370 g/mol. The van der Waals surface area contributed by atoms with Crippen molar-refractivity contribution in [2.75, 3.05) is 6.61 Å². The average Bonchev–Trinajstić information content (AvgIpc) is 3.05. The lowest BCUT2D eigenvalue weighted by Gasteiger charge is -2.54. The molecule has 0 aromatic carbocycles. The van der Waals surface area contributed by atoms with Crippen molar-refractivity contribution in [2.24, 2.45) is 29.6 Å². The van der Waals surface area contributed by atoms with Gasteiger partial charge in [0, 0.05) is 12.1 Å². The van der Waals surface area contributed by atoms with Gasteiger partial charge in [-0.2, -0.15) is 5.10 Å². The van der Waals surface area contributed by atoms with E-state index in [9.17, 15) is 9.59 Å². The summed E-state index contributed by atoms with van der Waals surface area (Å²) in [6.07, 6.45) is 10.5. The standard InChI is InChI=1S/C22H31N3O4/c1-13(2)12-29-22-18(11-23-25(22)5-3-4-19(26)27)21(28)24-20-16-7-14-6-15(9-16)10-17(20)8-14/h3-4,11,13-17,20H,5-10,12H2,1-2H3,(H,24,28)(H,26,27). The smallest absolute Gasteiger partial charge is 0.328 e. The van der Waals surface area contributed by atoms with Gasteiger partial charge in [-0.25, -0.2) is 9.48 Å². The average molecular weight is 402 g/mol. The normalized spacial score (nSPS) is 30.2. The largest absolute Gasteiger partial charge is 0.478 e. The molecule has 4 bridgehead atoms. The van der Waals surface area contributed by atoms with Gasteiger partial charge in [-0.1, -0.05) is 19.9 Å². The third-order valence-electron chi connectivity index (χ3n) is 6.65. The van der Waals surface area contributed by atoms with Crippen LogP contribution in [0.1, 0.15) is 56.3 Å². The number of carboxylic acid groups (broad SMARTS) is 1. The van der Waals surface area contributed by atoms with Crippen LogP contribution in [0.25, 0.3) is 0 Å². The molecule has 1 aromatic rings. The van der Waals surface area contributed by atoms with Gasteiger partial charge in [-0.05, 0) is 61.7 Å². The molecule has 158 valence electrons. The van der Waals surface area contributed by atoms with Crippen LogP contribution in [-0.4, -0.2) is 39.4 Å². The highest BCUT2D eigenvalue weighted by Crippen LogP contribution is 2.53. The Labute approximate surface area is 171 Å². The minimum absolute atomic E-state index is 0.130. The van der Waals surface area contributed by atoms with Crippen LogP contribution in [0, 0.1) is 29.6 Å². The summed E-state index contributed by atoms with van der Waals surface area (Å²) in [4.78, 5) is 23.9. The van der Waals surface area contributed by atoms with Crippen molar-refractivity contribution in [1.29, 1.82) is 0 Å².